The van der Waals surface area contributed by atoms with Crippen LogP contribution in [-0.4, -0.2) is 48.0 Å². The summed E-state index contributed by atoms with van der Waals surface area (Å²) < 4.78 is 37.9. The van der Waals surface area contributed by atoms with Crippen molar-refractivity contribution in [2.75, 3.05) is 26.2 Å². The molecule has 154 valence electrons. The van der Waals surface area contributed by atoms with Crippen LogP contribution >= 0.6 is 11.6 Å². The zero-order valence-electron chi connectivity index (χ0n) is 15.4. The number of halogens is 4. The van der Waals surface area contributed by atoms with Crippen molar-refractivity contribution in [3.05, 3.63) is 34.6 Å². The molecule has 1 aromatic heterocycles. The highest BCUT2D eigenvalue weighted by Gasteiger charge is 2.31. The number of hydrogen-bond acceptors (Lipinski definition) is 3. The molecule has 0 bridgehead atoms. The van der Waals surface area contributed by atoms with Crippen LogP contribution in [0.1, 0.15) is 31.0 Å². The Labute approximate surface area is 166 Å². The van der Waals surface area contributed by atoms with E-state index in [1.54, 1.807) is 4.90 Å². The van der Waals surface area contributed by atoms with E-state index >= 15 is 0 Å². The lowest BCUT2D eigenvalue weighted by molar-refractivity contribution is -0.137. The highest BCUT2D eigenvalue weighted by atomic mass is 35.5. The van der Waals surface area contributed by atoms with E-state index in [2.05, 4.69) is 15.6 Å². The molecule has 2 heterocycles. The largest absolute Gasteiger partial charge is 0.417 e. The molecule has 1 fully saturated rings. The van der Waals surface area contributed by atoms with Crippen molar-refractivity contribution in [1.29, 1.82) is 0 Å². The average molecular weight is 419 g/mol. The molecule has 0 saturated carbocycles. The molecule has 1 aliphatic heterocycles. The molecule has 0 aromatic carbocycles. The van der Waals surface area contributed by atoms with E-state index in [0.29, 0.717) is 38.3 Å². The maximum Gasteiger partial charge on any atom is 0.417 e. The summed E-state index contributed by atoms with van der Waals surface area (Å²) in [5, 5.41) is 5.28. The highest BCUT2D eigenvalue weighted by molar-refractivity contribution is 6.32. The van der Waals surface area contributed by atoms with Gasteiger partial charge in [0.15, 0.2) is 0 Å². The second kappa shape index (κ2) is 9.77. The lowest BCUT2D eigenvalue weighted by Crippen LogP contribution is -2.43. The Morgan fingerprint density at radius 3 is 2.57 bits per heavy atom. The number of amides is 3. The Kier molecular flexibility index (Phi) is 7.68. The molecule has 1 aliphatic rings. The standard InChI is InChI=1S/C18H22ClF3N4O2/c1-2-23-17(28)25-10-12-5-7-26(8-6-12)16(27)4-3-15-14(19)9-13(11-24-15)18(20,21)22/h3-4,9,11-12H,2,5-8,10H2,1H3,(H2,23,25,28). The van der Waals surface area contributed by atoms with Crippen molar-refractivity contribution in [1.82, 2.24) is 20.5 Å². The molecular formula is C18H22ClF3N4O2. The number of pyridine rings is 1. The molecule has 10 heteroatoms. The highest BCUT2D eigenvalue weighted by Crippen LogP contribution is 2.31. The molecule has 3 amide bonds. The fraction of sp³-hybridized carbons (Fsp3) is 0.500. The number of alkyl halides is 3. The van der Waals surface area contributed by atoms with Crippen molar-refractivity contribution in [2.24, 2.45) is 5.92 Å². The first-order valence-corrected chi connectivity index (χ1v) is 9.30. The van der Waals surface area contributed by atoms with Gasteiger partial charge in [-0.15, -0.1) is 0 Å². The van der Waals surface area contributed by atoms with Crippen LogP contribution in [0.2, 0.25) is 5.02 Å². The lowest BCUT2D eigenvalue weighted by Gasteiger charge is -2.31. The third kappa shape index (κ3) is 6.40. The average Bonchev–Trinajstić information content (AvgIpc) is 2.65. The van der Waals surface area contributed by atoms with Crippen molar-refractivity contribution in [3.63, 3.8) is 0 Å². The Hall–Kier alpha value is -2.29. The topological polar surface area (TPSA) is 74.3 Å². The minimum Gasteiger partial charge on any atom is -0.339 e. The maximum atomic E-state index is 12.6. The van der Waals surface area contributed by atoms with E-state index in [0.717, 1.165) is 18.9 Å². The summed E-state index contributed by atoms with van der Waals surface area (Å²) in [4.78, 5) is 29.0. The lowest BCUT2D eigenvalue weighted by atomic mass is 9.97. The summed E-state index contributed by atoms with van der Waals surface area (Å²) in [7, 11) is 0. The van der Waals surface area contributed by atoms with E-state index < -0.39 is 11.7 Å². The van der Waals surface area contributed by atoms with Gasteiger partial charge < -0.3 is 15.5 Å². The molecule has 0 atom stereocenters. The maximum absolute atomic E-state index is 12.6. The first-order chi connectivity index (χ1) is 13.2. The summed E-state index contributed by atoms with van der Waals surface area (Å²) in [6.45, 7) is 4.03. The van der Waals surface area contributed by atoms with Crippen molar-refractivity contribution in [2.45, 2.75) is 25.9 Å². The van der Waals surface area contributed by atoms with Crippen molar-refractivity contribution >= 4 is 29.6 Å². The molecule has 28 heavy (non-hydrogen) atoms. The van der Waals surface area contributed by atoms with Crippen LogP contribution in [-0.2, 0) is 11.0 Å². The third-order valence-electron chi connectivity index (χ3n) is 4.40. The van der Waals surface area contributed by atoms with Gasteiger partial charge in [-0.25, -0.2) is 4.79 Å². The predicted octanol–water partition coefficient (Wildman–Crippen LogP) is 3.32. The van der Waals surface area contributed by atoms with Crippen LogP contribution in [0.25, 0.3) is 6.08 Å². The Balaban J connectivity index is 1.85. The molecule has 2 rings (SSSR count). The second-order valence-electron chi connectivity index (χ2n) is 6.43. The van der Waals surface area contributed by atoms with Gasteiger partial charge in [0.1, 0.15) is 0 Å². The third-order valence-corrected chi connectivity index (χ3v) is 4.70. The molecule has 1 saturated heterocycles. The fourth-order valence-corrected chi connectivity index (χ4v) is 3.03. The molecule has 0 radical (unpaired) electrons. The summed E-state index contributed by atoms with van der Waals surface area (Å²) >= 11 is 5.83. The Morgan fingerprint density at radius 2 is 2.00 bits per heavy atom. The van der Waals surface area contributed by atoms with Crippen LogP contribution in [0, 0.1) is 5.92 Å². The van der Waals surface area contributed by atoms with Gasteiger partial charge in [0.05, 0.1) is 16.3 Å². The van der Waals surface area contributed by atoms with Gasteiger partial charge in [0, 0.05) is 38.5 Å². The van der Waals surface area contributed by atoms with Gasteiger partial charge in [-0.2, -0.15) is 13.2 Å². The number of nitrogens with zero attached hydrogens (tertiary/aromatic N) is 2. The molecule has 1 aromatic rings. The SMILES string of the molecule is CCNC(=O)NCC1CCN(C(=O)C=Cc2ncc(C(F)(F)F)cc2Cl)CC1. The number of carbonyl (C=O) groups excluding carboxylic acids is 2. The van der Waals surface area contributed by atoms with Crippen LogP contribution in [0.5, 0.6) is 0 Å². The minimum atomic E-state index is -4.52. The zero-order valence-corrected chi connectivity index (χ0v) is 16.1. The smallest absolute Gasteiger partial charge is 0.339 e. The quantitative estimate of drug-likeness (QED) is 0.720. The van der Waals surface area contributed by atoms with Gasteiger partial charge in [-0.3, -0.25) is 9.78 Å². The molecule has 2 N–H and O–H groups in total. The molecule has 0 spiro atoms. The summed E-state index contributed by atoms with van der Waals surface area (Å²) in [6.07, 6.45) is 0.243. The van der Waals surface area contributed by atoms with E-state index in [1.165, 1.54) is 12.2 Å². The monoisotopic (exact) mass is 418 g/mol. The van der Waals surface area contributed by atoms with Crippen LogP contribution < -0.4 is 10.6 Å². The first kappa shape index (κ1) is 22.0. The molecule has 0 unspecified atom stereocenters. The fourth-order valence-electron chi connectivity index (χ4n) is 2.80. The van der Waals surface area contributed by atoms with E-state index in [4.69, 9.17) is 11.6 Å². The summed E-state index contributed by atoms with van der Waals surface area (Å²) in [5.41, 5.74) is -0.840. The molecule has 6 nitrogen and oxygen atoms in total. The van der Waals surface area contributed by atoms with Crippen molar-refractivity contribution < 1.29 is 22.8 Å². The number of rotatable bonds is 5. The van der Waals surface area contributed by atoms with Crippen LogP contribution in [0.15, 0.2) is 18.3 Å². The van der Waals surface area contributed by atoms with Gasteiger partial charge in [-0.1, -0.05) is 11.6 Å². The number of carbonyl (C=O) groups is 2. The minimum absolute atomic E-state index is 0.101. The van der Waals surface area contributed by atoms with Gasteiger partial charge in [0.25, 0.3) is 0 Å². The molecular weight excluding hydrogens is 397 g/mol. The van der Waals surface area contributed by atoms with Gasteiger partial charge in [-0.05, 0) is 37.8 Å². The van der Waals surface area contributed by atoms with Gasteiger partial charge in [0.2, 0.25) is 5.91 Å². The Bertz CT molecular complexity index is 732. The number of likely N-dealkylation sites (tertiary alicyclic amines) is 1. The predicted molar refractivity (Wildman–Crippen MR) is 99.7 cm³/mol. The Morgan fingerprint density at radius 1 is 1.32 bits per heavy atom. The summed E-state index contributed by atoms with van der Waals surface area (Å²) in [5.74, 6) is 0.0366. The van der Waals surface area contributed by atoms with Crippen LogP contribution in [0.3, 0.4) is 0 Å². The number of hydrogen-bond donors (Lipinski definition) is 2. The van der Waals surface area contributed by atoms with Crippen molar-refractivity contribution in [3.8, 4) is 0 Å². The number of aromatic nitrogens is 1. The second-order valence-corrected chi connectivity index (χ2v) is 6.84. The normalized spacial score (nSPS) is 15.7. The van der Waals surface area contributed by atoms with Gasteiger partial charge >= 0.3 is 12.2 Å². The summed E-state index contributed by atoms with van der Waals surface area (Å²) in [6, 6.07) is 0.580. The van der Waals surface area contributed by atoms with E-state index in [9.17, 15) is 22.8 Å². The number of urea groups is 1. The zero-order chi connectivity index (χ0) is 20.7. The number of nitrogens with one attached hydrogen (secondary N) is 2. The van der Waals surface area contributed by atoms with Crippen LogP contribution in [0.4, 0.5) is 18.0 Å². The molecule has 0 aliphatic carbocycles. The number of piperidine rings is 1. The van der Waals surface area contributed by atoms with E-state index in [-0.39, 0.29) is 22.7 Å². The van der Waals surface area contributed by atoms with E-state index in [1.807, 2.05) is 6.92 Å². The first-order valence-electron chi connectivity index (χ1n) is 8.92.